The Bertz CT molecular complexity index is 339. The lowest BCUT2D eigenvalue weighted by Gasteiger charge is -2.07. The number of halogens is 1. The minimum Gasteiger partial charge on any atom is -0.397 e. The van der Waals surface area contributed by atoms with E-state index in [0.717, 1.165) is 47.4 Å². The molecule has 0 saturated heterocycles. The number of nitrogens with zero attached hydrogens (tertiary/aromatic N) is 1. The minimum atomic E-state index is 0.749. The fraction of sp³-hybridized carbons (Fsp3) is 0.583. The van der Waals surface area contributed by atoms with Crippen molar-refractivity contribution in [2.45, 2.75) is 39.0 Å². The zero-order valence-corrected chi connectivity index (χ0v) is 11.4. The Balaban J connectivity index is 2.45. The number of aromatic nitrogens is 1. The SMILES string of the molecule is Cc1nc(CCCCCCN)c(Br)cc1N. The van der Waals surface area contributed by atoms with Crippen molar-refractivity contribution in [2.75, 3.05) is 12.3 Å². The Morgan fingerprint density at radius 2 is 1.94 bits per heavy atom. The molecular formula is C12H20BrN3. The summed E-state index contributed by atoms with van der Waals surface area (Å²) < 4.78 is 1.02. The molecule has 4 heteroatoms. The van der Waals surface area contributed by atoms with E-state index in [0.29, 0.717) is 0 Å². The third kappa shape index (κ3) is 4.10. The van der Waals surface area contributed by atoms with Crippen LogP contribution in [-0.2, 0) is 6.42 Å². The first-order chi connectivity index (χ1) is 7.65. The zero-order chi connectivity index (χ0) is 12.0. The van der Waals surface area contributed by atoms with E-state index in [2.05, 4.69) is 20.9 Å². The molecule has 0 aliphatic rings. The van der Waals surface area contributed by atoms with E-state index in [1.54, 1.807) is 0 Å². The van der Waals surface area contributed by atoms with Crippen molar-refractivity contribution in [3.05, 3.63) is 21.9 Å². The summed E-state index contributed by atoms with van der Waals surface area (Å²) in [5, 5.41) is 0. The molecule has 0 atom stereocenters. The highest BCUT2D eigenvalue weighted by atomic mass is 79.9. The van der Waals surface area contributed by atoms with Crippen molar-refractivity contribution in [3.63, 3.8) is 0 Å². The van der Waals surface area contributed by atoms with Gasteiger partial charge in [-0.3, -0.25) is 4.98 Å². The minimum absolute atomic E-state index is 0.749. The summed E-state index contributed by atoms with van der Waals surface area (Å²) >= 11 is 3.50. The predicted molar refractivity (Wildman–Crippen MR) is 72.3 cm³/mol. The monoisotopic (exact) mass is 285 g/mol. The standard InChI is InChI=1S/C12H20BrN3/c1-9-11(15)8-10(13)12(16-9)6-4-2-3-5-7-14/h8H,2-7,14-15H2,1H3. The Hall–Kier alpha value is -0.610. The highest BCUT2D eigenvalue weighted by molar-refractivity contribution is 9.10. The number of hydrogen-bond acceptors (Lipinski definition) is 3. The van der Waals surface area contributed by atoms with Crippen LogP contribution in [0.2, 0.25) is 0 Å². The summed E-state index contributed by atoms with van der Waals surface area (Å²) in [4.78, 5) is 4.49. The first-order valence-electron chi connectivity index (χ1n) is 5.76. The van der Waals surface area contributed by atoms with E-state index in [4.69, 9.17) is 11.5 Å². The summed E-state index contributed by atoms with van der Waals surface area (Å²) in [5.74, 6) is 0. The maximum absolute atomic E-state index is 5.78. The third-order valence-corrected chi connectivity index (χ3v) is 3.33. The molecule has 0 aromatic carbocycles. The molecule has 0 saturated carbocycles. The molecule has 0 unspecified atom stereocenters. The average molecular weight is 286 g/mol. The van der Waals surface area contributed by atoms with Gasteiger partial charge in [-0.15, -0.1) is 0 Å². The van der Waals surface area contributed by atoms with Crippen molar-refractivity contribution >= 4 is 21.6 Å². The molecule has 1 aromatic rings. The van der Waals surface area contributed by atoms with Gasteiger partial charge in [0.1, 0.15) is 0 Å². The quantitative estimate of drug-likeness (QED) is 0.790. The molecule has 90 valence electrons. The molecule has 0 spiro atoms. The second-order valence-electron chi connectivity index (χ2n) is 4.04. The number of rotatable bonds is 6. The Morgan fingerprint density at radius 1 is 1.25 bits per heavy atom. The number of hydrogen-bond donors (Lipinski definition) is 2. The number of unbranched alkanes of at least 4 members (excludes halogenated alkanes) is 3. The van der Waals surface area contributed by atoms with Crippen LogP contribution in [0.1, 0.15) is 37.1 Å². The van der Waals surface area contributed by atoms with Crippen molar-refractivity contribution in [2.24, 2.45) is 5.73 Å². The van der Waals surface area contributed by atoms with Gasteiger partial charge in [-0.05, 0) is 54.7 Å². The predicted octanol–water partition coefficient (Wildman–Crippen LogP) is 2.80. The number of pyridine rings is 1. The van der Waals surface area contributed by atoms with Crippen molar-refractivity contribution in [1.29, 1.82) is 0 Å². The fourth-order valence-corrected chi connectivity index (χ4v) is 2.14. The van der Waals surface area contributed by atoms with Crippen LogP contribution < -0.4 is 11.5 Å². The maximum Gasteiger partial charge on any atom is 0.0605 e. The largest absolute Gasteiger partial charge is 0.397 e. The van der Waals surface area contributed by atoms with Crippen LogP contribution in [0.4, 0.5) is 5.69 Å². The van der Waals surface area contributed by atoms with Gasteiger partial charge in [0.2, 0.25) is 0 Å². The first kappa shape index (κ1) is 13.5. The maximum atomic E-state index is 5.78. The van der Waals surface area contributed by atoms with Gasteiger partial charge < -0.3 is 11.5 Å². The number of nitrogens with two attached hydrogens (primary N) is 2. The average Bonchev–Trinajstić information content (AvgIpc) is 2.25. The molecule has 16 heavy (non-hydrogen) atoms. The van der Waals surface area contributed by atoms with Crippen molar-refractivity contribution in [3.8, 4) is 0 Å². The van der Waals surface area contributed by atoms with E-state index < -0.39 is 0 Å². The normalized spacial score (nSPS) is 10.7. The second kappa shape index (κ2) is 6.86. The lowest BCUT2D eigenvalue weighted by Crippen LogP contribution is -2.00. The fourth-order valence-electron chi connectivity index (χ4n) is 1.61. The number of aryl methyl sites for hydroxylation is 2. The summed E-state index contributed by atoms with van der Waals surface area (Å²) in [6, 6.07) is 1.94. The molecule has 1 rings (SSSR count). The van der Waals surface area contributed by atoms with Crippen LogP contribution in [0.5, 0.6) is 0 Å². The van der Waals surface area contributed by atoms with E-state index >= 15 is 0 Å². The van der Waals surface area contributed by atoms with Crippen LogP contribution in [0.25, 0.3) is 0 Å². The molecule has 0 amide bonds. The molecule has 3 nitrogen and oxygen atoms in total. The van der Waals surface area contributed by atoms with Crippen LogP contribution in [0.15, 0.2) is 10.5 Å². The highest BCUT2D eigenvalue weighted by Crippen LogP contribution is 2.22. The number of nitrogen functional groups attached to an aromatic ring is 1. The Morgan fingerprint density at radius 3 is 2.62 bits per heavy atom. The van der Waals surface area contributed by atoms with Crippen LogP contribution >= 0.6 is 15.9 Å². The smallest absolute Gasteiger partial charge is 0.0605 e. The van der Waals surface area contributed by atoms with Gasteiger partial charge in [-0.2, -0.15) is 0 Å². The molecule has 0 bridgehead atoms. The lowest BCUT2D eigenvalue weighted by atomic mass is 10.1. The zero-order valence-electron chi connectivity index (χ0n) is 9.80. The lowest BCUT2D eigenvalue weighted by molar-refractivity contribution is 0.640. The first-order valence-corrected chi connectivity index (χ1v) is 6.56. The van der Waals surface area contributed by atoms with Crippen LogP contribution in [-0.4, -0.2) is 11.5 Å². The van der Waals surface area contributed by atoms with Crippen LogP contribution in [0.3, 0.4) is 0 Å². The van der Waals surface area contributed by atoms with Crippen molar-refractivity contribution in [1.82, 2.24) is 4.98 Å². The summed E-state index contributed by atoms with van der Waals surface area (Å²) in [6.45, 7) is 2.74. The molecule has 4 N–H and O–H groups in total. The Kier molecular flexibility index (Phi) is 5.77. The van der Waals surface area contributed by atoms with Crippen LogP contribution in [0, 0.1) is 6.92 Å². The van der Waals surface area contributed by atoms with E-state index in [9.17, 15) is 0 Å². The summed E-state index contributed by atoms with van der Waals surface area (Å²) in [5.41, 5.74) is 14.0. The third-order valence-electron chi connectivity index (χ3n) is 2.65. The number of anilines is 1. The van der Waals surface area contributed by atoms with Gasteiger partial charge in [-0.25, -0.2) is 0 Å². The molecule has 0 aliphatic heterocycles. The molecule has 1 aromatic heterocycles. The highest BCUT2D eigenvalue weighted by Gasteiger charge is 2.04. The van der Waals surface area contributed by atoms with Gasteiger partial charge in [-0.1, -0.05) is 12.8 Å². The van der Waals surface area contributed by atoms with Gasteiger partial charge in [0.15, 0.2) is 0 Å². The van der Waals surface area contributed by atoms with Gasteiger partial charge >= 0.3 is 0 Å². The van der Waals surface area contributed by atoms with E-state index in [-0.39, 0.29) is 0 Å². The van der Waals surface area contributed by atoms with E-state index in [1.807, 2.05) is 13.0 Å². The molecule has 0 fully saturated rings. The van der Waals surface area contributed by atoms with Crippen molar-refractivity contribution < 1.29 is 0 Å². The van der Waals surface area contributed by atoms with Gasteiger partial charge in [0.05, 0.1) is 17.1 Å². The van der Waals surface area contributed by atoms with Gasteiger partial charge in [0.25, 0.3) is 0 Å². The molecule has 1 heterocycles. The second-order valence-corrected chi connectivity index (χ2v) is 4.90. The van der Waals surface area contributed by atoms with E-state index in [1.165, 1.54) is 12.8 Å². The topological polar surface area (TPSA) is 64.9 Å². The Labute approximate surface area is 106 Å². The van der Waals surface area contributed by atoms with Gasteiger partial charge in [0, 0.05) is 4.47 Å². The summed E-state index contributed by atoms with van der Waals surface area (Å²) in [7, 11) is 0. The summed E-state index contributed by atoms with van der Waals surface area (Å²) in [6.07, 6.45) is 5.72. The molecule has 0 aliphatic carbocycles. The molecular weight excluding hydrogens is 266 g/mol. The molecule has 0 radical (unpaired) electrons.